The molecule has 1 aromatic heterocycles. The summed E-state index contributed by atoms with van der Waals surface area (Å²) in [6.45, 7) is 2.35. The summed E-state index contributed by atoms with van der Waals surface area (Å²) in [5.41, 5.74) is 10.4. The third-order valence-electron chi connectivity index (χ3n) is 6.93. The topological polar surface area (TPSA) is 88.2 Å². The summed E-state index contributed by atoms with van der Waals surface area (Å²) in [5, 5.41) is 16.5. The summed E-state index contributed by atoms with van der Waals surface area (Å²) in [5.74, 6) is 0.879. The monoisotopic (exact) mass is 439 g/mol. The SMILES string of the molecule is CC(=O)c1cnc2ccc(-c3ccc4cc(O)ccc4c3)cc2c1NC1CCC(CN)CC1. The number of Topliss-reactive ketones (excluding diaryl/α,β-unsaturated/α-hetero) is 1. The first-order valence-corrected chi connectivity index (χ1v) is 11.7. The maximum Gasteiger partial charge on any atom is 0.163 e. The van der Waals surface area contributed by atoms with E-state index in [1.54, 1.807) is 25.3 Å². The molecule has 0 aliphatic heterocycles. The van der Waals surface area contributed by atoms with E-state index >= 15 is 0 Å². The zero-order chi connectivity index (χ0) is 22.9. The van der Waals surface area contributed by atoms with Crippen LogP contribution in [0.25, 0.3) is 32.8 Å². The van der Waals surface area contributed by atoms with Crippen LogP contribution >= 0.6 is 0 Å². The summed E-state index contributed by atoms with van der Waals surface area (Å²) in [6, 6.07) is 18.2. The van der Waals surface area contributed by atoms with Crippen LogP contribution in [0.5, 0.6) is 5.75 Å². The minimum absolute atomic E-state index is 0.0125. The maximum absolute atomic E-state index is 12.5. The van der Waals surface area contributed by atoms with E-state index < -0.39 is 0 Å². The summed E-state index contributed by atoms with van der Waals surface area (Å²) >= 11 is 0. The Balaban J connectivity index is 1.57. The van der Waals surface area contributed by atoms with E-state index in [0.717, 1.165) is 70.7 Å². The predicted molar refractivity (Wildman–Crippen MR) is 135 cm³/mol. The molecule has 5 nitrogen and oxygen atoms in total. The number of carbonyl (C=O) groups excluding carboxylic acids is 1. The minimum Gasteiger partial charge on any atom is -0.508 e. The number of nitrogens with two attached hydrogens (primary N) is 1. The first kappa shape index (κ1) is 21.4. The van der Waals surface area contributed by atoms with E-state index in [9.17, 15) is 9.90 Å². The lowest BCUT2D eigenvalue weighted by Gasteiger charge is -2.30. The number of fused-ring (bicyclic) bond motifs is 2. The molecule has 4 N–H and O–H groups in total. The van der Waals surface area contributed by atoms with Gasteiger partial charge in [-0.1, -0.05) is 24.3 Å². The summed E-state index contributed by atoms with van der Waals surface area (Å²) in [6.07, 6.45) is 6.04. The second-order valence-electron chi connectivity index (χ2n) is 9.18. The van der Waals surface area contributed by atoms with Gasteiger partial charge in [0.1, 0.15) is 5.75 Å². The van der Waals surface area contributed by atoms with Gasteiger partial charge in [-0.05, 0) is 97.3 Å². The van der Waals surface area contributed by atoms with Gasteiger partial charge < -0.3 is 16.2 Å². The van der Waals surface area contributed by atoms with Gasteiger partial charge in [0, 0.05) is 17.6 Å². The largest absolute Gasteiger partial charge is 0.508 e. The van der Waals surface area contributed by atoms with Gasteiger partial charge >= 0.3 is 0 Å². The Kier molecular flexibility index (Phi) is 5.73. The third-order valence-corrected chi connectivity index (χ3v) is 6.93. The highest BCUT2D eigenvalue weighted by molar-refractivity contribution is 6.08. The Bertz CT molecular complexity index is 1340. The lowest BCUT2D eigenvalue weighted by atomic mass is 9.86. The number of anilines is 1. The smallest absolute Gasteiger partial charge is 0.163 e. The number of hydrogen-bond acceptors (Lipinski definition) is 5. The third kappa shape index (κ3) is 4.29. The highest BCUT2D eigenvalue weighted by atomic mass is 16.3. The van der Waals surface area contributed by atoms with Crippen LogP contribution in [0.1, 0.15) is 43.0 Å². The molecule has 0 saturated heterocycles. The van der Waals surface area contributed by atoms with Crippen LogP contribution < -0.4 is 11.1 Å². The lowest BCUT2D eigenvalue weighted by Crippen LogP contribution is -2.29. The zero-order valence-electron chi connectivity index (χ0n) is 18.8. The van der Waals surface area contributed by atoms with Crippen molar-refractivity contribution in [3.63, 3.8) is 0 Å². The molecule has 4 aromatic rings. The Labute approximate surface area is 193 Å². The van der Waals surface area contributed by atoms with E-state index in [0.29, 0.717) is 17.5 Å². The van der Waals surface area contributed by atoms with Crippen LogP contribution in [0.4, 0.5) is 5.69 Å². The van der Waals surface area contributed by atoms with E-state index in [-0.39, 0.29) is 11.5 Å². The molecule has 3 aromatic carbocycles. The number of phenolic OH excluding ortho intramolecular Hbond substituents is 1. The van der Waals surface area contributed by atoms with E-state index in [2.05, 4.69) is 34.6 Å². The molecular formula is C28H29N3O2. The quantitative estimate of drug-likeness (QED) is 0.337. The predicted octanol–water partition coefficient (Wildman–Crippen LogP) is 5.89. The molecule has 1 heterocycles. The Hall–Kier alpha value is -3.44. The Morgan fingerprint density at radius 3 is 2.45 bits per heavy atom. The molecule has 0 radical (unpaired) electrons. The van der Waals surface area contributed by atoms with Crippen molar-refractivity contribution < 1.29 is 9.90 Å². The molecule has 33 heavy (non-hydrogen) atoms. The van der Waals surface area contributed by atoms with Gasteiger partial charge in [0.2, 0.25) is 0 Å². The number of aromatic hydroxyl groups is 1. The second-order valence-corrected chi connectivity index (χ2v) is 9.18. The molecule has 1 aliphatic carbocycles. The molecule has 5 rings (SSSR count). The van der Waals surface area contributed by atoms with Crippen molar-refractivity contribution in [3.05, 3.63) is 66.4 Å². The summed E-state index contributed by atoms with van der Waals surface area (Å²) < 4.78 is 0. The fraction of sp³-hybridized carbons (Fsp3) is 0.286. The Morgan fingerprint density at radius 1 is 1.00 bits per heavy atom. The summed E-state index contributed by atoms with van der Waals surface area (Å²) in [7, 11) is 0. The Morgan fingerprint density at radius 2 is 1.70 bits per heavy atom. The van der Waals surface area contributed by atoms with Crippen LogP contribution in [-0.4, -0.2) is 28.5 Å². The lowest BCUT2D eigenvalue weighted by molar-refractivity contribution is 0.101. The second kappa shape index (κ2) is 8.83. The van der Waals surface area contributed by atoms with Crippen molar-refractivity contribution in [2.45, 2.75) is 38.6 Å². The van der Waals surface area contributed by atoms with Gasteiger partial charge in [0.25, 0.3) is 0 Å². The number of ketones is 1. The van der Waals surface area contributed by atoms with Crippen LogP contribution in [0.3, 0.4) is 0 Å². The number of benzene rings is 3. The van der Waals surface area contributed by atoms with Gasteiger partial charge in [-0.15, -0.1) is 0 Å². The van der Waals surface area contributed by atoms with Gasteiger partial charge in [-0.2, -0.15) is 0 Å². The van der Waals surface area contributed by atoms with Crippen LogP contribution in [0.2, 0.25) is 0 Å². The average Bonchev–Trinajstić information content (AvgIpc) is 2.84. The zero-order valence-corrected chi connectivity index (χ0v) is 18.8. The van der Waals surface area contributed by atoms with Crippen molar-refractivity contribution in [2.75, 3.05) is 11.9 Å². The highest BCUT2D eigenvalue weighted by Crippen LogP contribution is 2.35. The van der Waals surface area contributed by atoms with Gasteiger partial charge in [0.15, 0.2) is 5.78 Å². The van der Waals surface area contributed by atoms with Crippen molar-refractivity contribution in [1.82, 2.24) is 4.98 Å². The number of nitrogens with one attached hydrogen (secondary N) is 1. The van der Waals surface area contributed by atoms with E-state index in [1.165, 1.54) is 0 Å². The number of carbonyl (C=O) groups is 1. The summed E-state index contributed by atoms with van der Waals surface area (Å²) in [4.78, 5) is 17.0. The molecule has 0 spiro atoms. The minimum atomic E-state index is 0.0125. The molecule has 1 aliphatic rings. The number of hydrogen-bond donors (Lipinski definition) is 3. The van der Waals surface area contributed by atoms with Crippen LogP contribution in [0, 0.1) is 5.92 Å². The van der Waals surface area contributed by atoms with Crippen molar-refractivity contribution in [2.24, 2.45) is 11.7 Å². The number of pyridine rings is 1. The number of phenols is 1. The molecule has 1 saturated carbocycles. The first-order chi connectivity index (χ1) is 16.0. The molecule has 0 bridgehead atoms. The molecule has 5 heteroatoms. The molecule has 0 amide bonds. The molecule has 168 valence electrons. The highest BCUT2D eigenvalue weighted by Gasteiger charge is 2.22. The maximum atomic E-state index is 12.5. The fourth-order valence-electron chi connectivity index (χ4n) is 4.95. The molecular weight excluding hydrogens is 410 g/mol. The first-order valence-electron chi connectivity index (χ1n) is 11.7. The van der Waals surface area contributed by atoms with Gasteiger partial charge in [0.05, 0.1) is 16.8 Å². The molecule has 0 atom stereocenters. The van der Waals surface area contributed by atoms with Crippen molar-refractivity contribution >= 4 is 33.1 Å². The van der Waals surface area contributed by atoms with Gasteiger partial charge in [-0.3, -0.25) is 9.78 Å². The van der Waals surface area contributed by atoms with Crippen molar-refractivity contribution in [1.29, 1.82) is 0 Å². The molecule has 1 fully saturated rings. The fourth-order valence-corrected chi connectivity index (χ4v) is 4.95. The van der Waals surface area contributed by atoms with E-state index in [1.807, 2.05) is 18.2 Å². The van der Waals surface area contributed by atoms with Gasteiger partial charge in [-0.25, -0.2) is 0 Å². The standard InChI is InChI=1S/C28H29N3O2/c1-17(32)26-16-30-27-11-7-22(19-4-5-21-13-24(33)10-6-20(21)12-19)14-25(27)28(26)31-23-8-2-18(15-29)3-9-23/h4-7,10-14,16,18,23,33H,2-3,8-9,15,29H2,1H3,(H,30,31). The number of rotatable bonds is 5. The number of aromatic nitrogens is 1. The number of nitrogens with zero attached hydrogens (tertiary/aromatic N) is 1. The van der Waals surface area contributed by atoms with E-state index in [4.69, 9.17) is 5.73 Å². The average molecular weight is 440 g/mol. The normalized spacial score (nSPS) is 18.5. The van der Waals surface area contributed by atoms with Crippen LogP contribution in [0.15, 0.2) is 60.8 Å². The molecule has 0 unspecified atom stereocenters. The van der Waals surface area contributed by atoms with Crippen LogP contribution in [-0.2, 0) is 0 Å². The van der Waals surface area contributed by atoms with Crippen molar-refractivity contribution in [3.8, 4) is 16.9 Å².